The van der Waals surface area contributed by atoms with Crippen LogP contribution in [0.25, 0.3) is 0 Å². The Morgan fingerprint density at radius 3 is 2.59 bits per heavy atom. The van der Waals surface area contributed by atoms with Gasteiger partial charge in [-0.1, -0.05) is 31.4 Å². The first-order valence-corrected chi connectivity index (χ1v) is 7.84. The highest BCUT2D eigenvalue weighted by Gasteiger charge is 2.54. The zero-order chi connectivity index (χ0) is 11.7. The number of fused-ring (bicyclic) bond motifs is 1. The first-order valence-electron chi connectivity index (χ1n) is 7.84. The summed E-state index contributed by atoms with van der Waals surface area (Å²) >= 11 is 0. The van der Waals surface area contributed by atoms with E-state index in [-0.39, 0.29) is 0 Å². The number of rotatable bonds is 5. The minimum atomic E-state index is 0.755. The minimum Gasteiger partial charge on any atom is -0.310 e. The van der Waals surface area contributed by atoms with Crippen LogP contribution in [0.1, 0.15) is 58.3 Å². The van der Waals surface area contributed by atoms with Gasteiger partial charge in [-0.25, -0.2) is 0 Å². The van der Waals surface area contributed by atoms with Crippen molar-refractivity contribution >= 4 is 0 Å². The second kappa shape index (κ2) is 5.14. The normalized spacial score (nSPS) is 37.5. The van der Waals surface area contributed by atoms with E-state index in [1.807, 2.05) is 0 Å². The molecule has 3 aliphatic rings. The molecule has 0 aliphatic heterocycles. The summed E-state index contributed by atoms with van der Waals surface area (Å²) < 4.78 is 0. The fourth-order valence-corrected chi connectivity index (χ4v) is 4.33. The van der Waals surface area contributed by atoms with Gasteiger partial charge in [0.15, 0.2) is 0 Å². The van der Waals surface area contributed by atoms with E-state index < -0.39 is 0 Å². The van der Waals surface area contributed by atoms with Crippen molar-refractivity contribution in [3.63, 3.8) is 0 Å². The standard InChI is InChI=1S/C16H27N/c1-2-11-17-16(12-7-3-4-8-12)15-13-9-5-6-10-14(13)15/h7,13-17H,2-6,8-11H2,1H3. The van der Waals surface area contributed by atoms with Crippen molar-refractivity contribution in [2.75, 3.05) is 6.54 Å². The first kappa shape index (κ1) is 11.8. The Kier molecular flexibility index (Phi) is 3.56. The second-order valence-corrected chi connectivity index (χ2v) is 6.29. The Balaban J connectivity index is 1.66. The highest BCUT2D eigenvalue weighted by molar-refractivity contribution is 5.22. The van der Waals surface area contributed by atoms with Gasteiger partial charge in [-0.05, 0) is 62.8 Å². The molecule has 0 bridgehead atoms. The predicted molar refractivity (Wildman–Crippen MR) is 73.0 cm³/mol. The molecule has 96 valence electrons. The van der Waals surface area contributed by atoms with Gasteiger partial charge in [0.1, 0.15) is 0 Å². The molecule has 1 nitrogen and oxygen atoms in total. The quantitative estimate of drug-likeness (QED) is 0.710. The van der Waals surface area contributed by atoms with Crippen LogP contribution in [0.3, 0.4) is 0 Å². The van der Waals surface area contributed by atoms with Crippen LogP contribution < -0.4 is 5.32 Å². The molecule has 1 N–H and O–H groups in total. The van der Waals surface area contributed by atoms with E-state index in [4.69, 9.17) is 0 Å². The molecule has 3 unspecified atom stereocenters. The molecule has 0 aromatic rings. The van der Waals surface area contributed by atoms with Gasteiger partial charge >= 0.3 is 0 Å². The maximum atomic E-state index is 3.86. The van der Waals surface area contributed by atoms with Crippen LogP contribution in [0.4, 0.5) is 0 Å². The van der Waals surface area contributed by atoms with Crippen molar-refractivity contribution in [1.82, 2.24) is 5.32 Å². The van der Waals surface area contributed by atoms with Crippen molar-refractivity contribution in [1.29, 1.82) is 0 Å². The van der Waals surface area contributed by atoms with E-state index in [0.717, 1.165) is 23.8 Å². The van der Waals surface area contributed by atoms with E-state index >= 15 is 0 Å². The Labute approximate surface area is 106 Å². The monoisotopic (exact) mass is 233 g/mol. The van der Waals surface area contributed by atoms with Gasteiger partial charge in [0.05, 0.1) is 0 Å². The highest BCUT2D eigenvalue weighted by Crippen LogP contribution is 2.58. The Bertz CT molecular complexity index is 282. The van der Waals surface area contributed by atoms with Gasteiger partial charge in [0.25, 0.3) is 0 Å². The molecule has 17 heavy (non-hydrogen) atoms. The third-order valence-electron chi connectivity index (χ3n) is 5.20. The van der Waals surface area contributed by atoms with Crippen LogP contribution in [0.2, 0.25) is 0 Å². The van der Waals surface area contributed by atoms with Gasteiger partial charge in [-0.2, -0.15) is 0 Å². The Morgan fingerprint density at radius 1 is 1.24 bits per heavy atom. The summed E-state index contributed by atoms with van der Waals surface area (Å²) in [6, 6.07) is 0.755. The highest BCUT2D eigenvalue weighted by atomic mass is 14.9. The maximum Gasteiger partial charge on any atom is 0.0313 e. The summed E-state index contributed by atoms with van der Waals surface area (Å²) in [6.07, 6.45) is 14.0. The molecule has 0 saturated heterocycles. The zero-order valence-corrected chi connectivity index (χ0v) is 11.3. The van der Waals surface area contributed by atoms with Crippen molar-refractivity contribution in [2.45, 2.75) is 64.3 Å². The molecule has 0 aromatic heterocycles. The fourth-order valence-electron chi connectivity index (χ4n) is 4.33. The molecule has 2 saturated carbocycles. The topological polar surface area (TPSA) is 12.0 Å². The lowest BCUT2D eigenvalue weighted by molar-refractivity contribution is 0.472. The fraction of sp³-hybridized carbons (Fsp3) is 0.875. The Morgan fingerprint density at radius 2 is 2.00 bits per heavy atom. The summed E-state index contributed by atoms with van der Waals surface area (Å²) in [5.74, 6) is 3.17. The molecule has 0 amide bonds. The molecule has 0 spiro atoms. The zero-order valence-electron chi connectivity index (χ0n) is 11.3. The lowest BCUT2D eigenvalue weighted by atomic mass is 9.99. The molecule has 0 radical (unpaired) electrons. The number of hydrogen-bond acceptors (Lipinski definition) is 1. The maximum absolute atomic E-state index is 3.86. The number of hydrogen-bond donors (Lipinski definition) is 1. The molecule has 3 atom stereocenters. The third-order valence-corrected chi connectivity index (χ3v) is 5.20. The van der Waals surface area contributed by atoms with Crippen LogP contribution in [0, 0.1) is 17.8 Å². The van der Waals surface area contributed by atoms with Crippen molar-refractivity contribution in [2.24, 2.45) is 17.8 Å². The minimum absolute atomic E-state index is 0.755. The lowest BCUT2D eigenvalue weighted by Gasteiger charge is -2.20. The molecule has 3 rings (SSSR count). The first-order chi connectivity index (χ1) is 8.42. The van der Waals surface area contributed by atoms with E-state index in [1.54, 1.807) is 5.57 Å². The van der Waals surface area contributed by atoms with Crippen LogP contribution in [-0.2, 0) is 0 Å². The number of allylic oxidation sites excluding steroid dienone is 1. The summed E-state index contributed by atoms with van der Waals surface area (Å²) in [4.78, 5) is 0. The van der Waals surface area contributed by atoms with Gasteiger partial charge in [-0.15, -0.1) is 0 Å². The lowest BCUT2D eigenvalue weighted by Crippen LogP contribution is -2.34. The predicted octanol–water partition coefficient (Wildman–Crippen LogP) is 3.90. The van der Waals surface area contributed by atoms with Crippen molar-refractivity contribution < 1.29 is 0 Å². The molecule has 2 fully saturated rings. The van der Waals surface area contributed by atoms with E-state index in [2.05, 4.69) is 18.3 Å². The van der Waals surface area contributed by atoms with E-state index in [1.165, 1.54) is 57.9 Å². The number of nitrogens with one attached hydrogen (secondary N) is 1. The van der Waals surface area contributed by atoms with E-state index in [9.17, 15) is 0 Å². The second-order valence-electron chi connectivity index (χ2n) is 6.29. The van der Waals surface area contributed by atoms with Crippen molar-refractivity contribution in [3.05, 3.63) is 11.6 Å². The van der Waals surface area contributed by atoms with Crippen LogP contribution in [0.15, 0.2) is 11.6 Å². The summed E-state index contributed by atoms with van der Waals surface area (Å²) in [5, 5.41) is 3.86. The van der Waals surface area contributed by atoms with Crippen LogP contribution in [-0.4, -0.2) is 12.6 Å². The van der Waals surface area contributed by atoms with Crippen molar-refractivity contribution in [3.8, 4) is 0 Å². The van der Waals surface area contributed by atoms with Gasteiger partial charge in [0, 0.05) is 6.04 Å². The largest absolute Gasteiger partial charge is 0.310 e. The molecule has 0 heterocycles. The van der Waals surface area contributed by atoms with E-state index in [0.29, 0.717) is 0 Å². The average molecular weight is 233 g/mol. The van der Waals surface area contributed by atoms with Crippen LogP contribution in [0.5, 0.6) is 0 Å². The summed E-state index contributed by atoms with van der Waals surface area (Å²) in [5.41, 5.74) is 1.76. The summed E-state index contributed by atoms with van der Waals surface area (Å²) in [6.45, 7) is 3.49. The van der Waals surface area contributed by atoms with Gasteiger partial charge < -0.3 is 5.32 Å². The van der Waals surface area contributed by atoms with Gasteiger partial charge in [0.2, 0.25) is 0 Å². The SMILES string of the molecule is CCCNC(C1=CCCC1)C1C2CCCCC21. The third kappa shape index (κ3) is 2.31. The Hall–Kier alpha value is -0.300. The smallest absolute Gasteiger partial charge is 0.0313 e. The molecule has 1 heteroatoms. The molecular weight excluding hydrogens is 206 g/mol. The molecule has 0 aromatic carbocycles. The summed E-state index contributed by atoms with van der Waals surface area (Å²) in [7, 11) is 0. The molecular formula is C16H27N. The van der Waals surface area contributed by atoms with Gasteiger partial charge in [-0.3, -0.25) is 0 Å². The van der Waals surface area contributed by atoms with Crippen LogP contribution >= 0.6 is 0 Å². The average Bonchev–Trinajstić information content (AvgIpc) is 2.83. The molecule has 3 aliphatic carbocycles.